The smallest absolute Gasteiger partial charge is 0.127 e. The number of aryl methyl sites for hydroxylation is 1. The molecule has 1 heterocycles. The largest absolute Gasteiger partial charge is 0.497 e. The number of ether oxygens (including phenoxy) is 2. The van der Waals surface area contributed by atoms with Crippen LogP contribution in [-0.4, -0.2) is 23.8 Å². The number of imidazole rings is 1. The van der Waals surface area contributed by atoms with Gasteiger partial charge in [-0.15, -0.1) is 0 Å². The Morgan fingerprint density at radius 2 is 2.11 bits per heavy atom. The fraction of sp³-hybridized carbons (Fsp3) is 0.357. The van der Waals surface area contributed by atoms with Crippen molar-refractivity contribution >= 4 is 0 Å². The van der Waals surface area contributed by atoms with Crippen LogP contribution in [0.5, 0.6) is 11.5 Å². The molecule has 0 aliphatic carbocycles. The van der Waals surface area contributed by atoms with Crippen molar-refractivity contribution in [3.8, 4) is 11.5 Å². The summed E-state index contributed by atoms with van der Waals surface area (Å²) in [5, 5.41) is 0. The summed E-state index contributed by atoms with van der Waals surface area (Å²) in [5.41, 5.74) is 7.21. The summed E-state index contributed by atoms with van der Waals surface area (Å²) >= 11 is 0. The van der Waals surface area contributed by atoms with E-state index in [0.717, 1.165) is 22.9 Å². The van der Waals surface area contributed by atoms with E-state index in [9.17, 15) is 0 Å². The third-order valence-electron chi connectivity index (χ3n) is 3.16. The summed E-state index contributed by atoms with van der Waals surface area (Å²) in [5.74, 6) is 2.44. The normalized spacial score (nSPS) is 12.2. The van der Waals surface area contributed by atoms with Crippen molar-refractivity contribution in [1.82, 2.24) is 9.55 Å². The first-order valence-corrected chi connectivity index (χ1v) is 6.11. The number of nitrogens with zero attached hydrogens (tertiary/aromatic N) is 2. The minimum absolute atomic E-state index is 0.159. The van der Waals surface area contributed by atoms with Gasteiger partial charge in [0, 0.05) is 30.6 Å². The summed E-state index contributed by atoms with van der Waals surface area (Å²) in [4.78, 5) is 4.19. The maximum Gasteiger partial charge on any atom is 0.127 e. The average molecular weight is 261 g/mol. The summed E-state index contributed by atoms with van der Waals surface area (Å²) in [6.45, 7) is 2.62. The number of rotatable bonds is 5. The van der Waals surface area contributed by atoms with Gasteiger partial charge in [0.2, 0.25) is 0 Å². The molecule has 0 bridgehead atoms. The highest BCUT2D eigenvalue weighted by molar-refractivity contribution is 5.42. The summed E-state index contributed by atoms with van der Waals surface area (Å²) in [7, 11) is 3.26. The number of benzene rings is 1. The van der Waals surface area contributed by atoms with Gasteiger partial charge in [0.05, 0.1) is 20.3 Å². The summed E-state index contributed by atoms with van der Waals surface area (Å²) in [6.07, 6.45) is 3.69. The molecule has 0 amide bonds. The van der Waals surface area contributed by atoms with E-state index < -0.39 is 0 Å². The molecule has 19 heavy (non-hydrogen) atoms. The Labute approximate surface area is 113 Å². The van der Waals surface area contributed by atoms with Crippen LogP contribution in [0.3, 0.4) is 0 Å². The zero-order valence-electron chi connectivity index (χ0n) is 11.5. The van der Waals surface area contributed by atoms with Crippen molar-refractivity contribution in [1.29, 1.82) is 0 Å². The van der Waals surface area contributed by atoms with Crippen molar-refractivity contribution in [2.45, 2.75) is 19.5 Å². The van der Waals surface area contributed by atoms with Gasteiger partial charge >= 0.3 is 0 Å². The van der Waals surface area contributed by atoms with Crippen molar-refractivity contribution < 1.29 is 9.47 Å². The third kappa shape index (κ3) is 2.88. The SMILES string of the molecule is COc1ccc(C(N)Cn2ccnc2C)c(OC)c1. The number of nitrogens with two attached hydrogens (primary N) is 1. The van der Waals surface area contributed by atoms with Crippen LogP contribution in [0.4, 0.5) is 0 Å². The van der Waals surface area contributed by atoms with E-state index in [1.54, 1.807) is 20.4 Å². The Hall–Kier alpha value is -2.01. The monoisotopic (exact) mass is 261 g/mol. The first-order valence-electron chi connectivity index (χ1n) is 6.11. The maximum absolute atomic E-state index is 6.25. The molecule has 0 saturated heterocycles. The molecule has 2 N–H and O–H groups in total. The van der Waals surface area contributed by atoms with Gasteiger partial charge in [0.25, 0.3) is 0 Å². The summed E-state index contributed by atoms with van der Waals surface area (Å²) < 4.78 is 12.6. The molecule has 0 radical (unpaired) electrons. The number of methoxy groups -OCH3 is 2. The molecule has 0 aliphatic heterocycles. The van der Waals surface area contributed by atoms with Crippen LogP contribution in [0.2, 0.25) is 0 Å². The van der Waals surface area contributed by atoms with Gasteiger partial charge in [0.15, 0.2) is 0 Å². The van der Waals surface area contributed by atoms with Crippen LogP contribution in [0.1, 0.15) is 17.4 Å². The van der Waals surface area contributed by atoms with E-state index in [-0.39, 0.29) is 6.04 Å². The highest BCUT2D eigenvalue weighted by Crippen LogP contribution is 2.29. The predicted molar refractivity (Wildman–Crippen MR) is 73.4 cm³/mol. The molecule has 2 rings (SSSR count). The Morgan fingerprint density at radius 3 is 2.68 bits per heavy atom. The van der Waals surface area contributed by atoms with E-state index in [0.29, 0.717) is 6.54 Å². The molecule has 1 atom stereocenters. The van der Waals surface area contributed by atoms with Gasteiger partial charge in [-0.2, -0.15) is 0 Å². The second kappa shape index (κ2) is 5.75. The van der Waals surface area contributed by atoms with Gasteiger partial charge in [-0.25, -0.2) is 4.98 Å². The van der Waals surface area contributed by atoms with Gasteiger partial charge in [-0.1, -0.05) is 6.07 Å². The number of aromatic nitrogens is 2. The molecule has 1 aromatic heterocycles. The minimum Gasteiger partial charge on any atom is -0.497 e. The molecule has 0 saturated carbocycles. The first-order chi connectivity index (χ1) is 9.15. The van der Waals surface area contributed by atoms with Crippen molar-refractivity contribution in [2.75, 3.05) is 14.2 Å². The van der Waals surface area contributed by atoms with Crippen LogP contribution >= 0.6 is 0 Å². The number of hydrogen-bond acceptors (Lipinski definition) is 4. The second-order valence-electron chi connectivity index (χ2n) is 4.34. The molecule has 2 aromatic rings. The molecule has 102 valence electrons. The molecular formula is C14H19N3O2. The van der Waals surface area contributed by atoms with Crippen LogP contribution < -0.4 is 15.2 Å². The van der Waals surface area contributed by atoms with Crippen molar-refractivity contribution in [2.24, 2.45) is 5.73 Å². The predicted octanol–water partition coefficient (Wildman–Crippen LogP) is 1.91. The Bertz CT molecular complexity index is 551. The maximum atomic E-state index is 6.25. The molecule has 0 aliphatic rings. The molecule has 5 nitrogen and oxygen atoms in total. The second-order valence-corrected chi connectivity index (χ2v) is 4.34. The average Bonchev–Trinajstić information content (AvgIpc) is 2.83. The van der Waals surface area contributed by atoms with Crippen LogP contribution in [-0.2, 0) is 6.54 Å². The Balaban J connectivity index is 2.23. The first kappa shape index (κ1) is 13.4. The van der Waals surface area contributed by atoms with Gasteiger partial charge in [-0.3, -0.25) is 0 Å². The molecule has 0 spiro atoms. The van der Waals surface area contributed by atoms with E-state index in [1.807, 2.05) is 35.9 Å². The van der Waals surface area contributed by atoms with Crippen molar-refractivity contribution in [3.63, 3.8) is 0 Å². The molecule has 5 heteroatoms. The Morgan fingerprint density at radius 1 is 1.32 bits per heavy atom. The number of hydrogen-bond donors (Lipinski definition) is 1. The standard InChI is InChI=1S/C14H19N3O2/c1-10-16-6-7-17(10)9-13(15)12-5-4-11(18-2)8-14(12)19-3/h4-8,13H,9,15H2,1-3H3. The lowest BCUT2D eigenvalue weighted by Gasteiger charge is -2.17. The van der Waals surface area contributed by atoms with E-state index in [4.69, 9.17) is 15.2 Å². The van der Waals surface area contributed by atoms with Gasteiger partial charge in [0.1, 0.15) is 17.3 Å². The minimum atomic E-state index is -0.159. The van der Waals surface area contributed by atoms with Crippen LogP contribution in [0, 0.1) is 6.92 Å². The molecule has 0 fully saturated rings. The zero-order chi connectivity index (χ0) is 13.8. The lowest BCUT2D eigenvalue weighted by Crippen LogP contribution is -2.18. The lowest BCUT2D eigenvalue weighted by molar-refractivity contribution is 0.386. The van der Waals surface area contributed by atoms with Crippen LogP contribution in [0.15, 0.2) is 30.6 Å². The lowest BCUT2D eigenvalue weighted by atomic mass is 10.1. The fourth-order valence-electron chi connectivity index (χ4n) is 2.03. The highest BCUT2D eigenvalue weighted by Gasteiger charge is 2.14. The van der Waals surface area contributed by atoms with Crippen molar-refractivity contribution in [3.05, 3.63) is 42.0 Å². The molecule has 1 unspecified atom stereocenters. The highest BCUT2D eigenvalue weighted by atomic mass is 16.5. The topological polar surface area (TPSA) is 62.3 Å². The van der Waals surface area contributed by atoms with Gasteiger partial charge < -0.3 is 19.8 Å². The quantitative estimate of drug-likeness (QED) is 0.893. The zero-order valence-corrected chi connectivity index (χ0v) is 11.5. The van der Waals surface area contributed by atoms with Gasteiger partial charge in [-0.05, 0) is 13.0 Å². The molecular weight excluding hydrogens is 242 g/mol. The Kier molecular flexibility index (Phi) is 4.06. The fourth-order valence-corrected chi connectivity index (χ4v) is 2.03. The van der Waals surface area contributed by atoms with E-state index in [2.05, 4.69) is 4.98 Å². The van der Waals surface area contributed by atoms with E-state index in [1.165, 1.54) is 0 Å². The van der Waals surface area contributed by atoms with Crippen LogP contribution in [0.25, 0.3) is 0 Å². The van der Waals surface area contributed by atoms with E-state index >= 15 is 0 Å². The third-order valence-corrected chi connectivity index (χ3v) is 3.16. The molecule has 1 aromatic carbocycles. The summed E-state index contributed by atoms with van der Waals surface area (Å²) in [6, 6.07) is 5.51.